The summed E-state index contributed by atoms with van der Waals surface area (Å²) in [5, 5.41) is 23.6. The van der Waals surface area contributed by atoms with Crippen LogP contribution in [0, 0.1) is 0 Å². The predicted octanol–water partition coefficient (Wildman–Crippen LogP) is 3.05. The molecule has 1 aromatic heterocycles. The standard InChI is InChI=1S/C24H20N4O5S/c1-33-17-9-7-16(8-10-17)28-23(32)18-4-2-3-5-19(18)26-24(28)34-14-22(31)27-25-13-15-6-11-20(29)21(30)12-15/h2-13,29-30H,14H2,1H3,(H,27,31)/b25-13-. The van der Waals surface area contributed by atoms with Gasteiger partial charge in [0.25, 0.3) is 11.5 Å². The van der Waals surface area contributed by atoms with Crippen molar-refractivity contribution < 1.29 is 19.7 Å². The van der Waals surface area contributed by atoms with Crippen molar-refractivity contribution in [1.29, 1.82) is 0 Å². The monoisotopic (exact) mass is 476 g/mol. The Hall–Kier alpha value is -4.31. The van der Waals surface area contributed by atoms with Gasteiger partial charge in [-0.3, -0.25) is 14.2 Å². The molecule has 34 heavy (non-hydrogen) atoms. The number of carbonyl (C=O) groups excluding carboxylic acids is 1. The molecule has 0 radical (unpaired) electrons. The summed E-state index contributed by atoms with van der Waals surface area (Å²) in [6, 6.07) is 18.2. The smallest absolute Gasteiger partial charge is 0.266 e. The van der Waals surface area contributed by atoms with Gasteiger partial charge in [-0.25, -0.2) is 10.4 Å². The fraction of sp³-hybridized carbons (Fsp3) is 0.0833. The highest BCUT2D eigenvalue weighted by Crippen LogP contribution is 2.24. The second-order valence-electron chi connectivity index (χ2n) is 7.08. The summed E-state index contributed by atoms with van der Waals surface area (Å²) < 4.78 is 6.66. The van der Waals surface area contributed by atoms with Crippen LogP contribution in [0.25, 0.3) is 16.6 Å². The lowest BCUT2D eigenvalue weighted by atomic mass is 10.2. The first kappa shape index (κ1) is 22.9. The predicted molar refractivity (Wildman–Crippen MR) is 130 cm³/mol. The van der Waals surface area contributed by atoms with Gasteiger partial charge in [0, 0.05) is 0 Å². The fourth-order valence-corrected chi connectivity index (χ4v) is 3.94. The first-order chi connectivity index (χ1) is 16.5. The van der Waals surface area contributed by atoms with E-state index in [0.717, 1.165) is 11.8 Å². The molecule has 3 aromatic carbocycles. The van der Waals surface area contributed by atoms with Gasteiger partial charge >= 0.3 is 0 Å². The average molecular weight is 477 g/mol. The van der Waals surface area contributed by atoms with Crippen molar-refractivity contribution in [2.75, 3.05) is 12.9 Å². The number of hydrogen-bond acceptors (Lipinski definition) is 8. The van der Waals surface area contributed by atoms with Gasteiger partial charge in [-0.1, -0.05) is 23.9 Å². The summed E-state index contributed by atoms with van der Waals surface area (Å²) in [4.78, 5) is 30.2. The SMILES string of the molecule is COc1ccc(-n2c(SCC(=O)N/N=C\c3ccc(O)c(O)c3)nc3ccccc3c2=O)cc1. The summed E-state index contributed by atoms with van der Waals surface area (Å²) in [5.41, 5.74) is 3.77. The number of methoxy groups -OCH3 is 1. The Labute approximate surface area is 198 Å². The van der Waals surface area contributed by atoms with Crippen molar-refractivity contribution in [2.24, 2.45) is 5.10 Å². The van der Waals surface area contributed by atoms with Crippen LogP contribution in [0.1, 0.15) is 5.56 Å². The molecule has 0 fully saturated rings. The van der Waals surface area contributed by atoms with E-state index in [2.05, 4.69) is 15.5 Å². The number of hydrazone groups is 1. The number of benzene rings is 3. The van der Waals surface area contributed by atoms with E-state index < -0.39 is 5.91 Å². The van der Waals surface area contributed by atoms with E-state index in [9.17, 15) is 19.8 Å². The maximum absolute atomic E-state index is 13.2. The molecule has 1 amide bonds. The van der Waals surface area contributed by atoms with Gasteiger partial charge in [0.1, 0.15) is 5.75 Å². The van der Waals surface area contributed by atoms with E-state index in [1.54, 1.807) is 55.6 Å². The summed E-state index contributed by atoms with van der Waals surface area (Å²) >= 11 is 1.10. The van der Waals surface area contributed by atoms with Crippen LogP contribution in [0.4, 0.5) is 0 Å². The minimum absolute atomic E-state index is 0.0426. The van der Waals surface area contributed by atoms with Crippen molar-refractivity contribution in [3.8, 4) is 22.9 Å². The molecule has 4 rings (SSSR count). The Morgan fingerprint density at radius 1 is 1.12 bits per heavy atom. The highest BCUT2D eigenvalue weighted by atomic mass is 32.2. The lowest BCUT2D eigenvalue weighted by molar-refractivity contribution is -0.118. The van der Waals surface area contributed by atoms with Gasteiger partial charge in [0.15, 0.2) is 16.7 Å². The Morgan fingerprint density at radius 2 is 1.88 bits per heavy atom. The quantitative estimate of drug-likeness (QED) is 0.123. The van der Waals surface area contributed by atoms with Crippen LogP contribution in [0.3, 0.4) is 0 Å². The van der Waals surface area contributed by atoms with Crippen LogP contribution < -0.4 is 15.7 Å². The molecule has 9 nitrogen and oxygen atoms in total. The molecule has 0 atom stereocenters. The number of aromatic nitrogens is 2. The summed E-state index contributed by atoms with van der Waals surface area (Å²) in [6.07, 6.45) is 1.34. The first-order valence-corrected chi connectivity index (χ1v) is 11.1. The number of ether oxygens (including phenoxy) is 1. The molecule has 0 unspecified atom stereocenters. The minimum Gasteiger partial charge on any atom is -0.504 e. The third kappa shape index (κ3) is 5.02. The first-order valence-electron chi connectivity index (χ1n) is 10.1. The van der Waals surface area contributed by atoms with Crippen LogP contribution in [0.5, 0.6) is 17.2 Å². The molecule has 0 aliphatic heterocycles. The van der Waals surface area contributed by atoms with Crippen LogP contribution in [-0.4, -0.2) is 44.7 Å². The average Bonchev–Trinajstić information content (AvgIpc) is 2.85. The van der Waals surface area contributed by atoms with Crippen LogP contribution in [0.2, 0.25) is 0 Å². The topological polar surface area (TPSA) is 126 Å². The lowest BCUT2D eigenvalue weighted by Crippen LogP contribution is -2.24. The highest BCUT2D eigenvalue weighted by molar-refractivity contribution is 7.99. The van der Waals surface area contributed by atoms with Crippen LogP contribution in [0.15, 0.2) is 81.8 Å². The van der Waals surface area contributed by atoms with Gasteiger partial charge < -0.3 is 14.9 Å². The van der Waals surface area contributed by atoms with Crippen molar-refractivity contribution in [3.05, 3.63) is 82.6 Å². The van der Waals surface area contributed by atoms with Gasteiger partial charge in [-0.2, -0.15) is 5.10 Å². The van der Waals surface area contributed by atoms with Gasteiger partial charge in [-0.15, -0.1) is 0 Å². The largest absolute Gasteiger partial charge is 0.504 e. The molecule has 0 saturated heterocycles. The molecule has 4 aromatic rings. The van der Waals surface area contributed by atoms with Crippen molar-refractivity contribution in [2.45, 2.75) is 5.16 Å². The van der Waals surface area contributed by atoms with E-state index in [-0.39, 0.29) is 22.8 Å². The van der Waals surface area contributed by atoms with Crippen LogP contribution >= 0.6 is 11.8 Å². The Morgan fingerprint density at radius 3 is 2.62 bits per heavy atom. The van der Waals surface area contributed by atoms with Crippen LogP contribution in [-0.2, 0) is 4.79 Å². The summed E-state index contributed by atoms with van der Waals surface area (Å²) in [5.74, 6) is -0.334. The maximum atomic E-state index is 13.2. The van der Waals surface area contributed by atoms with E-state index in [1.807, 2.05) is 0 Å². The number of nitrogens with one attached hydrogen (secondary N) is 1. The number of phenols is 2. The lowest BCUT2D eigenvalue weighted by Gasteiger charge is -2.13. The number of hydrogen-bond donors (Lipinski definition) is 3. The number of aromatic hydroxyl groups is 2. The Bertz CT molecular complexity index is 1430. The van der Waals surface area contributed by atoms with Crippen molar-refractivity contribution >= 4 is 34.8 Å². The zero-order chi connectivity index (χ0) is 24.1. The van der Waals surface area contributed by atoms with Gasteiger partial charge in [-0.05, 0) is 60.2 Å². The van der Waals surface area contributed by atoms with Gasteiger partial charge in [0.05, 0.1) is 35.7 Å². The highest BCUT2D eigenvalue weighted by Gasteiger charge is 2.15. The number of fused-ring (bicyclic) bond motifs is 1. The van der Waals surface area contributed by atoms with E-state index >= 15 is 0 Å². The molecular formula is C24H20N4O5S. The molecule has 1 heterocycles. The van der Waals surface area contributed by atoms with Gasteiger partial charge in [0.2, 0.25) is 0 Å². The number of rotatable bonds is 7. The molecule has 0 saturated carbocycles. The number of para-hydroxylation sites is 1. The fourth-order valence-electron chi connectivity index (χ4n) is 3.13. The molecule has 0 aliphatic carbocycles. The zero-order valence-electron chi connectivity index (χ0n) is 18.0. The zero-order valence-corrected chi connectivity index (χ0v) is 18.8. The van der Waals surface area contributed by atoms with Crippen molar-refractivity contribution in [1.82, 2.24) is 15.0 Å². The number of nitrogens with zero attached hydrogens (tertiary/aromatic N) is 3. The normalized spacial score (nSPS) is 11.1. The second kappa shape index (κ2) is 10.1. The summed E-state index contributed by atoms with van der Waals surface area (Å²) in [6.45, 7) is 0. The molecular weight excluding hydrogens is 456 g/mol. The minimum atomic E-state index is -0.409. The molecule has 0 bridgehead atoms. The number of carbonyl (C=O) groups is 1. The van der Waals surface area contributed by atoms with Crippen molar-refractivity contribution in [3.63, 3.8) is 0 Å². The summed E-state index contributed by atoms with van der Waals surface area (Å²) in [7, 11) is 1.56. The molecule has 0 aliphatic rings. The molecule has 3 N–H and O–H groups in total. The Kier molecular flexibility index (Phi) is 6.79. The number of phenolic OH excluding ortho intramolecular Hbond substituents is 2. The molecule has 0 spiro atoms. The third-order valence-corrected chi connectivity index (χ3v) is 5.75. The molecule has 10 heteroatoms. The van der Waals surface area contributed by atoms with E-state index in [4.69, 9.17) is 4.74 Å². The number of amides is 1. The van der Waals surface area contributed by atoms with E-state index in [1.165, 1.54) is 29.0 Å². The van der Waals surface area contributed by atoms with E-state index in [0.29, 0.717) is 33.1 Å². The number of thioether (sulfide) groups is 1. The molecule has 172 valence electrons. The Balaban J connectivity index is 1.55. The third-order valence-electron chi connectivity index (χ3n) is 4.81. The maximum Gasteiger partial charge on any atom is 0.266 e. The second-order valence-corrected chi connectivity index (χ2v) is 8.02.